The summed E-state index contributed by atoms with van der Waals surface area (Å²) in [6.45, 7) is 4.57. The second-order valence-corrected chi connectivity index (χ2v) is 15.8. The summed E-state index contributed by atoms with van der Waals surface area (Å²) in [7, 11) is -3.20. The van der Waals surface area contributed by atoms with Crippen molar-refractivity contribution in [2.75, 3.05) is 70.5 Å². The number of nitrogens with one attached hydrogen (secondary N) is 1. The van der Waals surface area contributed by atoms with Gasteiger partial charge in [0.25, 0.3) is 5.91 Å². The third kappa shape index (κ3) is 8.42. The average Bonchev–Trinajstić information content (AvgIpc) is 3.27. The Kier molecular flexibility index (Phi) is 10.9. The summed E-state index contributed by atoms with van der Waals surface area (Å²) in [6, 6.07) is 12.6. The van der Waals surface area contributed by atoms with Crippen LogP contribution < -0.4 is 5.32 Å². The summed E-state index contributed by atoms with van der Waals surface area (Å²) in [5.74, 6) is -0.367. The highest BCUT2D eigenvalue weighted by Gasteiger charge is 2.37. The van der Waals surface area contributed by atoms with Gasteiger partial charge in [0.15, 0.2) is 6.10 Å². The zero-order valence-corrected chi connectivity index (χ0v) is 29.4. The van der Waals surface area contributed by atoms with Crippen molar-refractivity contribution in [2.24, 2.45) is 0 Å². The molecule has 1 unspecified atom stereocenters. The Bertz CT molecular complexity index is 1640. The first-order valence-corrected chi connectivity index (χ1v) is 19.3. The smallest absolute Gasteiger partial charge is 0.410 e. The van der Waals surface area contributed by atoms with Gasteiger partial charge in [-0.15, -0.1) is 0 Å². The molecule has 4 amide bonds. The van der Waals surface area contributed by atoms with Gasteiger partial charge in [0.2, 0.25) is 10.0 Å². The molecule has 1 atom stereocenters. The first-order chi connectivity index (χ1) is 23.5. The Balaban J connectivity index is 1.06. The average molecular weight is 717 g/mol. The molecular formula is C34H45ClN6O7S. The maximum atomic E-state index is 13.9. The third-order valence-corrected chi connectivity index (χ3v) is 11.9. The van der Waals surface area contributed by atoms with E-state index < -0.39 is 22.2 Å². The summed E-state index contributed by atoms with van der Waals surface area (Å²) in [4.78, 5) is 48.0. The Morgan fingerprint density at radius 2 is 1.59 bits per heavy atom. The minimum Gasteiger partial charge on any atom is -0.506 e. The molecule has 266 valence electrons. The minimum absolute atomic E-state index is 0.0233. The van der Waals surface area contributed by atoms with Crippen LogP contribution in [0.2, 0.25) is 5.02 Å². The number of amides is 4. The standard InChI is InChI=1S/C34H45ClN6O7S/c1-49(46,47)40-15-11-26(12-16-40)37-18-20-38(21-19-37)32(43)31(23-24-6-7-30(42)28(35)22-24)48-34(45)39-13-9-27(10-14-39)41-17-8-25-4-2-3-5-29(25)36-33(41)44/h2-7,22,26-27,31,42H,8-21,23H2,1H3,(H,36,44). The second-order valence-electron chi connectivity index (χ2n) is 13.4. The van der Waals surface area contributed by atoms with E-state index in [-0.39, 0.29) is 41.2 Å². The van der Waals surface area contributed by atoms with Crippen LogP contribution in [0.1, 0.15) is 36.8 Å². The fraction of sp³-hybridized carbons (Fsp3) is 0.559. The van der Waals surface area contributed by atoms with Gasteiger partial charge in [-0.1, -0.05) is 35.9 Å². The number of phenolic OH excluding ortho intramolecular Hbond substituents is 1. The third-order valence-electron chi connectivity index (χ3n) is 10.3. The van der Waals surface area contributed by atoms with Crippen molar-refractivity contribution in [1.82, 2.24) is 23.9 Å². The lowest BCUT2D eigenvalue weighted by Gasteiger charge is -2.43. The van der Waals surface area contributed by atoms with E-state index >= 15 is 0 Å². The normalized spacial score (nSPS) is 21.1. The molecule has 13 nitrogen and oxygen atoms in total. The van der Waals surface area contributed by atoms with Crippen molar-refractivity contribution in [3.63, 3.8) is 0 Å². The number of carbonyl (C=O) groups excluding carboxylic acids is 3. The Morgan fingerprint density at radius 1 is 0.918 bits per heavy atom. The fourth-order valence-electron chi connectivity index (χ4n) is 7.42. The number of rotatable bonds is 7. The summed E-state index contributed by atoms with van der Waals surface area (Å²) < 4.78 is 31.3. The minimum atomic E-state index is -3.20. The summed E-state index contributed by atoms with van der Waals surface area (Å²) in [5.41, 5.74) is 2.58. The van der Waals surface area contributed by atoms with E-state index in [0.717, 1.165) is 30.5 Å². The molecule has 2 aromatic carbocycles. The van der Waals surface area contributed by atoms with Crippen molar-refractivity contribution in [3.8, 4) is 5.75 Å². The summed E-state index contributed by atoms with van der Waals surface area (Å²) in [5, 5.41) is 13.1. The molecule has 0 saturated carbocycles. The number of nitrogens with zero attached hydrogens (tertiary/aromatic N) is 5. The van der Waals surface area contributed by atoms with E-state index in [0.29, 0.717) is 77.3 Å². The SMILES string of the molecule is CS(=O)(=O)N1CCC(N2CCN(C(=O)C(Cc3ccc(O)c(Cl)c3)OC(=O)N3CCC(N4CCc5ccccc5NC4=O)CC3)CC2)CC1. The highest BCUT2D eigenvalue weighted by atomic mass is 35.5. The lowest BCUT2D eigenvalue weighted by molar-refractivity contribution is -0.143. The largest absolute Gasteiger partial charge is 0.506 e. The molecule has 0 radical (unpaired) electrons. The monoisotopic (exact) mass is 716 g/mol. The molecule has 49 heavy (non-hydrogen) atoms. The molecule has 15 heteroatoms. The lowest BCUT2D eigenvalue weighted by Crippen LogP contribution is -2.57. The number of hydrogen-bond donors (Lipinski definition) is 2. The summed E-state index contributed by atoms with van der Waals surface area (Å²) in [6.07, 6.45) is 3.09. The second kappa shape index (κ2) is 15.1. The maximum Gasteiger partial charge on any atom is 0.410 e. The van der Waals surface area contributed by atoms with Gasteiger partial charge in [0, 0.05) is 83.1 Å². The Labute approximate surface area is 292 Å². The molecule has 4 aliphatic rings. The molecule has 0 aliphatic carbocycles. The number of piperazine rings is 1. The van der Waals surface area contributed by atoms with Crippen LogP contribution in [0.25, 0.3) is 0 Å². The van der Waals surface area contributed by atoms with Gasteiger partial charge in [0.1, 0.15) is 5.75 Å². The number of likely N-dealkylation sites (tertiary alicyclic amines) is 1. The predicted octanol–water partition coefficient (Wildman–Crippen LogP) is 3.22. The van der Waals surface area contributed by atoms with Gasteiger partial charge in [-0.3, -0.25) is 9.69 Å². The molecule has 0 bridgehead atoms. The Hall–Kier alpha value is -3.59. The first-order valence-electron chi connectivity index (χ1n) is 17.0. The van der Waals surface area contributed by atoms with Crippen molar-refractivity contribution in [1.29, 1.82) is 0 Å². The molecule has 4 heterocycles. The number of hydrogen-bond acceptors (Lipinski definition) is 8. The fourth-order valence-corrected chi connectivity index (χ4v) is 8.49. The van der Waals surface area contributed by atoms with Gasteiger partial charge < -0.3 is 29.9 Å². The number of fused-ring (bicyclic) bond motifs is 1. The number of halogens is 1. The Morgan fingerprint density at radius 3 is 2.27 bits per heavy atom. The van der Waals surface area contributed by atoms with Gasteiger partial charge >= 0.3 is 12.1 Å². The molecule has 6 rings (SSSR count). The maximum absolute atomic E-state index is 13.9. The van der Waals surface area contributed by atoms with Gasteiger partial charge in [-0.05, 0) is 61.4 Å². The highest BCUT2D eigenvalue weighted by molar-refractivity contribution is 7.88. The number of urea groups is 1. The summed E-state index contributed by atoms with van der Waals surface area (Å²) >= 11 is 6.17. The van der Waals surface area contributed by atoms with E-state index in [1.54, 1.807) is 21.9 Å². The van der Waals surface area contributed by atoms with Crippen LogP contribution in [0.4, 0.5) is 15.3 Å². The number of aromatic hydroxyl groups is 1. The number of benzene rings is 2. The number of carbonyl (C=O) groups is 3. The topological polar surface area (TPSA) is 143 Å². The van der Waals surface area contributed by atoms with Crippen molar-refractivity contribution in [2.45, 2.75) is 56.7 Å². The van der Waals surface area contributed by atoms with E-state index in [2.05, 4.69) is 10.2 Å². The van der Waals surface area contributed by atoms with E-state index in [4.69, 9.17) is 16.3 Å². The molecule has 3 saturated heterocycles. The van der Waals surface area contributed by atoms with Crippen LogP contribution in [0.3, 0.4) is 0 Å². The molecule has 2 aromatic rings. The number of para-hydroxylation sites is 1. The van der Waals surface area contributed by atoms with Gasteiger partial charge in [-0.25, -0.2) is 22.3 Å². The zero-order chi connectivity index (χ0) is 34.7. The van der Waals surface area contributed by atoms with Crippen LogP contribution in [0, 0.1) is 0 Å². The van der Waals surface area contributed by atoms with Crippen LogP contribution in [0.5, 0.6) is 5.75 Å². The molecular weight excluding hydrogens is 672 g/mol. The molecule has 0 aromatic heterocycles. The van der Waals surface area contributed by atoms with Crippen LogP contribution in [-0.4, -0.2) is 139 Å². The lowest BCUT2D eigenvalue weighted by atomic mass is 10.0. The van der Waals surface area contributed by atoms with E-state index in [9.17, 15) is 27.9 Å². The number of ether oxygens (including phenoxy) is 1. The predicted molar refractivity (Wildman–Crippen MR) is 185 cm³/mol. The molecule has 0 spiro atoms. The number of anilines is 1. The number of phenols is 1. The van der Waals surface area contributed by atoms with Crippen molar-refractivity contribution < 1.29 is 32.6 Å². The number of piperidine rings is 2. The van der Waals surface area contributed by atoms with E-state index in [1.807, 2.05) is 29.2 Å². The van der Waals surface area contributed by atoms with Crippen molar-refractivity contribution in [3.05, 3.63) is 58.6 Å². The quantitative estimate of drug-likeness (QED) is 0.445. The molecule has 2 N–H and O–H groups in total. The number of sulfonamides is 1. The van der Waals surface area contributed by atoms with Crippen LogP contribution in [0.15, 0.2) is 42.5 Å². The zero-order valence-electron chi connectivity index (χ0n) is 27.8. The van der Waals surface area contributed by atoms with E-state index in [1.165, 1.54) is 16.6 Å². The molecule has 4 aliphatic heterocycles. The van der Waals surface area contributed by atoms with Crippen molar-refractivity contribution >= 4 is 45.3 Å². The highest BCUT2D eigenvalue weighted by Crippen LogP contribution is 2.27. The van der Waals surface area contributed by atoms with Gasteiger partial charge in [0.05, 0.1) is 11.3 Å². The van der Waals surface area contributed by atoms with Gasteiger partial charge in [-0.2, -0.15) is 0 Å². The van der Waals surface area contributed by atoms with Crippen LogP contribution in [-0.2, 0) is 32.4 Å². The van der Waals surface area contributed by atoms with Crippen LogP contribution >= 0.6 is 11.6 Å². The molecule has 3 fully saturated rings. The first kappa shape index (κ1) is 35.2.